The van der Waals surface area contributed by atoms with Crippen LogP contribution in [0, 0.1) is 0 Å². The fraction of sp³-hybridized carbons (Fsp3) is 0.133. The van der Waals surface area contributed by atoms with E-state index in [0.29, 0.717) is 11.1 Å². The molecule has 0 saturated carbocycles. The molecule has 1 aromatic rings. The van der Waals surface area contributed by atoms with Crippen LogP contribution in [0.1, 0.15) is 16.8 Å². The number of hydrogen-bond acceptors (Lipinski definition) is 2. The molecule has 1 N–H and O–H groups in total. The van der Waals surface area contributed by atoms with Crippen molar-refractivity contribution in [3.8, 4) is 0 Å². The van der Waals surface area contributed by atoms with E-state index in [1.807, 2.05) is 6.07 Å². The second-order valence-electron chi connectivity index (χ2n) is 4.12. The van der Waals surface area contributed by atoms with Gasteiger partial charge in [-0.05, 0) is 17.7 Å². The predicted octanol–water partition coefficient (Wildman–Crippen LogP) is 2.97. The van der Waals surface area contributed by atoms with Crippen LogP contribution in [0.4, 0.5) is 4.39 Å². The molecule has 2 nitrogen and oxygen atoms in total. The van der Waals surface area contributed by atoms with Crippen molar-refractivity contribution in [2.45, 2.75) is 12.3 Å². The second-order valence-corrected chi connectivity index (χ2v) is 4.12. The van der Waals surface area contributed by atoms with E-state index in [1.54, 1.807) is 36.4 Å². The van der Waals surface area contributed by atoms with Crippen molar-refractivity contribution >= 4 is 5.78 Å². The number of halogens is 1. The van der Waals surface area contributed by atoms with Crippen LogP contribution < -0.4 is 0 Å². The number of ketones is 1. The molecule has 0 aromatic heterocycles. The van der Waals surface area contributed by atoms with E-state index in [9.17, 15) is 9.18 Å². The largest absolute Gasteiger partial charge is 0.358 e. The number of benzene rings is 1. The number of carbonyl (C=O) groups excluding carboxylic acids is 1. The fourth-order valence-corrected chi connectivity index (χ4v) is 1.62. The summed E-state index contributed by atoms with van der Waals surface area (Å²) in [7, 11) is 0. The first-order valence-corrected chi connectivity index (χ1v) is 5.65. The van der Waals surface area contributed by atoms with E-state index < -0.39 is 5.85 Å². The molecule has 0 spiro atoms. The van der Waals surface area contributed by atoms with Gasteiger partial charge in [-0.15, -0.1) is 0 Å². The quantitative estimate of drug-likeness (QED) is 0.655. The number of carbonyl (C=O) groups is 1. The smallest absolute Gasteiger partial charge is 0.229 e. The molecule has 0 radical (unpaired) electrons. The van der Waals surface area contributed by atoms with Gasteiger partial charge in [0.05, 0.1) is 0 Å². The maximum absolute atomic E-state index is 13.0. The van der Waals surface area contributed by atoms with Crippen molar-refractivity contribution in [2.75, 3.05) is 0 Å². The molecule has 0 heterocycles. The summed E-state index contributed by atoms with van der Waals surface area (Å²) in [5.41, 5.74) is 1.32. The second kappa shape index (κ2) is 5.10. The minimum Gasteiger partial charge on any atom is -0.358 e. The monoisotopic (exact) mass is 244 g/mol. The first-order valence-electron chi connectivity index (χ1n) is 5.65. The molecule has 1 aromatic carbocycles. The van der Waals surface area contributed by atoms with Gasteiger partial charge in [-0.3, -0.25) is 4.79 Å². The molecule has 0 fully saturated rings. The molecule has 1 unspecified atom stereocenters. The topological polar surface area (TPSA) is 37.3 Å². The zero-order valence-corrected chi connectivity index (χ0v) is 9.71. The first-order chi connectivity index (χ1) is 8.57. The molecule has 18 heavy (non-hydrogen) atoms. The highest BCUT2D eigenvalue weighted by Crippen LogP contribution is 2.22. The maximum Gasteiger partial charge on any atom is 0.229 e. The molecule has 1 aliphatic rings. The Kier molecular flexibility index (Phi) is 3.53. The normalized spacial score (nSPS) is 23.1. The summed E-state index contributed by atoms with van der Waals surface area (Å²) in [5, 5.41) is 9.06. The lowest BCUT2D eigenvalue weighted by Gasteiger charge is -2.15. The van der Waals surface area contributed by atoms with Gasteiger partial charge in [0.2, 0.25) is 5.85 Å². The van der Waals surface area contributed by atoms with Crippen LogP contribution >= 0.6 is 0 Å². The number of hydrogen-bond donors (Lipinski definition) is 1. The number of allylic oxidation sites excluding steroid dienone is 4. The fourth-order valence-electron chi connectivity index (χ4n) is 1.62. The van der Waals surface area contributed by atoms with Gasteiger partial charge in [0.1, 0.15) is 0 Å². The van der Waals surface area contributed by atoms with Gasteiger partial charge in [0.25, 0.3) is 0 Å². The maximum atomic E-state index is 13.0. The molecule has 1 atom stereocenters. The third kappa shape index (κ3) is 3.25. The lowest BCUT2D eigenvalue weighted by Crippen LogP contribution is -2.19. The Labute approximate surface area is 105 Å². The summed E-state index contributed by atoms with van der Waals surface area (Å²) in [6.45, 7) is 0. The highest BCUT2D eigenvalue weighted by atomic mass is 19.2. The third-order valence-corrected chi connectivity index (χ3v) is 2.64. The minimum atomic E-state index is -2.26. The Balaban J connectivity index is 2.03. The van der Waals surface area contributed by atoms with Gasteiger partial charge >= 0.3 is 0 Å². The average Bonchev–Trinajstić information content (AvgIpc) is 2.38. The Hall–Kier alpha value is -2.00. The Bertz CT molecular complexity index is 525. The lowest BCUT2D eigenvalue weighted by atomic mass is 10.0. The summed E-state index contributed by atoms with van der Waals surface area (Å²) in [4.78, 5) is 11.8. The first kappa shape index (κ1) is 12.5. The van der Waals surface area contributed by atoms with Gasteiger partial charge in [-0.1, -0.05) is 48.6 Å². The molecule has 0 saturated heterocycles. The molecular formula is C15H13FO2. The van der Waals surface area contributed by atoms with Gasteiger partial charge < -0.3 is 5.11 Å². The van der Waals surface area contributed by atoms with Crippen LogP contribution in [0.3, 0.4) is 0 Å². The van der Waals surface area contributed by atoms with Crippen LogP contribution in [0.2, 0.25) is 0 Å². The number of alkyl halides is 1. The SMILES string of the molecule is O=C(C=CC1=CCC(O)(F)C=C1)c1ccccc1. The van der Waals surface area contributed by atoms with Crippen molar-refractivity contribution in [3.63, 3.8) is 0 Å². The van der Waals surface area contributed by atoms with E-state index in [0.717, 1.165) is 6.08 Å². The van der Waals surface area contributed by atoms with Gasteiger partial charge in [0, 0.05) is 12.0 Å². The molecule has 0 bridgehead atoms. The summed E-state index contributed by atoms with van der Waals surface area (Å²) in [6.07, 6.45) is 7.05. The van der Waals surface area contributed by atoms with Crippen molar-refractivity contribution in [3.05, 3.63) is 71.8 Å². The summed E-state index contributed by atoms with van der Waals surface area (Å²) < 4.78 is 13.0. The third-order valence-electron chi connectivity index (χ3n) is 2.64. The highest BCUT2D eigenvalue weighted by molar-refractivity contribution is 6.04. The molecule has 92 valence electrons. The highest BCUT2D eigenvalue weighted by Gasteiger charge is 2.22. The van der Waals surface area contributed by atoms with Gasteiger partial charge in [-0.25, -0.2) is 4.39 Å². The lowest BCUT2D eigenvalue weighted by molar-refractivity contribution is -0.0388. The summed E-state index contributed by atoms with van der Waals surface area (Å²) >= 11 is 0. The molecular weight excluding hydrogens is 231 g/mol. The molecule has 1 aliphatic carbocycles. The van der Waals surface area contributed by atoms with Gasteiger partial charge in [-0.2, -0.15) is 0 Å². The van der Waals surface area contributed by atoms with E-state index in [4.69, 9.17) is 5.11 Å². The van der Waals surface area contributed by atoms with Crippen LogP contribution in [0.15, 0.2) is 66.3 Å². The minimum absolute atomic E-state index is 0.0945. The van der Waals surface area contributed by atoms with Crippen LogP contribution in [-0.2, 0) is 0 Å². The molecule has 0 aliphatic heterocycles. The van der Waals surface area contributed by atoms with E-state index in [1.165, 1.54) is 12.2 Å². The predicted molar refractivity (Wildman–Crippen MR) is 67.8 cm³/mol. The van der Waals surface area contributed by atoms with Gasteiger partial charge in [0.15, 0.2) is 5.78 Å². The Morgan fingerprint density at radius 1 is 1.33 bits per heavy atom. The Morgan fingerprint density at radius 2 is 2.06 bits per heavy atom. The zero-order valence-electron chi connectivity index (χ0n) is 9.71. The molecule has 3 heteroatoms. The van der Waals surface area contributed by atoms with E-state index in [-0.39, 0.29) is 12.2 Å². The number of rotatable bonds is 3. The average molecular weight is 244 g/mol. The molecule has 2 rings (SSSR count). The summed E-state index contributed by atoms with van der Waals surface area (Å²) in [5.74, 6) is -2.37. The summed E-state index contributed by atoms with van der Waals surface area (Å²) in [6, 6.07) is 8.90. The van der Waals surface area contributed by atoms with Crippen molar-refractivity contribution in [1.82, 2.24) is 0 Å². The van der Waals surface area contributed by atoms with E-state index in [2.05, 4.69) is 0 Å². The van der Waals surface area contributed by atoms with Crippen molar-refractivity contribution < 1.29 is 14.3 Å². The van der Waals surface area contributed by atoms with Crippen molar-refractivity contribution in [2.24, 2.45) is 0 Å². The molecule has 0 amide bonds. The van der Waals surface area contributed by atoms with E-state index >= 15 is 0 Å². The Morgan fingerprint density at radius 3 is 2.67 bits per heavy atom. The van der Waals surface area contributed by atoms with Crippen LogP contribution in [0.25, 0.3) is 0 Å². The number of aliphatic hydroxyl groups is 1. The van der Waals surface area contributed by atoms with Crippen LogP contribution in [-0.4, -0.2) is 16.7 Å². The van der Waals surface area contributed by atoms with Crippen LogP contribution in [0.5, 0.6) is 0 Å². The van der Waals surface area contributed by atoms with Crippen molar-refractivity contribution in [1.29, 1.82) is 0 Å². The standard InChI is InChI=1S/C15H13FO2/c16-15(18)10-8-12(9-11-15)6-7-14(17)13-4-2-1-3-5-13/h1-10,18H,11H2. The zero-order chi connectivity index (χ0) is 13.0.